The van der Waals surface area contributed by atoms with Crippen molar-refractivity contribution in [1.29, 1.82) is 0 Å². The Morgan fingerprint density at radius 1 is 1.07 bits per heavy atom. The number of anilines is 1. The Hall–Kier alpha value is -3.42. The van der Waals surface area contributed by atoms with Crippen LogP contribution in [0.5, 0.6) is 0 Å². The molecule has 0 aliphatic rings. The third-order valence-corrected chi connectivity index (χ3v) is 4.93. The highest BCUT2D eigenvalue weighted by atomic mass is 19.2. The average molecular weight is 398 g/mol. The predicted molar refractivity (Wildman–Crippen MR) is 103 cm³/mol. The summed E-state index contributed by atoms with van der Waals surface area (Å²) in [6.45, 7) is 3.76. The summed E-state index contributed by atoms with van der Waals surface area (Å²) in [5.74, 6) is -4.86. The minimum atomic E-state index is -1.62. The molecule has 2 aromatic heterocycles. The van der Waals surface area contributed by atoms with Gasteiger partial charge >= 0.3 is 0 Å². The number of carbonyl (C=O) groups is 1. The van der Waals surface area contributed by atoms with E-state index in [0.717, 1.165) is 45.6 Å². The number of nitrogens with zero attached hydrogens (tertiary/aromatic N) is 3. The van der Waals surface area contributed by atoms with Crippen LogP contribution in [0.25, 0.3) is 16.6 Å². The lowest BCUT2D eigenvalue weighted by Gasteiger charge is -2.12. The number of halogens is 3. The van der Waals surface area contributed by atoms with Crippen LogP contribution in [0.4, 0.5) is 18.9 Å². The Morgan fingerprint density at radius 2 is 1.83 bits per heavy atom. The molecule has 0 spiro atoms. The zero-order valence-corrected chi connectivity index (χ0v) is 15.8. The van der Waals surface area contributed by atoms with E-state index in [0.29, 0.717) is 6.42 Å². The van der Waals surface area contributed by atoms with Gasteiger partial charge in [0.1, 0.15) is 0 Å². The standard InChI is InChI=1S/C21H17F3N4O/c1-11-13(7-10-18(29)26-17-9-8-15(22)19(23)20(17)24)12(2)28-21(25-11)14-5-3-4-6-16(14)27-28/h3-6,8-9H,7,10H2,1-2H3,(H,26,29). The molecule has 4 aromatic rings. The van der Waals surface area contributed by atoms with Crippen LogP contribution < -0.4 is 5.32 Å². The molecule has 0 bridgehead atoms. The molecule has 4 rings (SSSR count). The Labute approximate surface area is 164 Å². The van der Waals surface area contributed by atoms with Gasteiger partial charge in [0.25, 0.3) is 0 Å². The maximum atomic E-state index is 13.7. The molecule has 0 saturated heterocycles. The quantitative estimate of drug-likeness (QED) is 0.516. The first kappa shape index (κ1) is 18.9. The van der Waals surface area contributed by atoms with Gasteiger partial charge in [-0.15, -0.1) is 0 Å². The Kier molecular flexibility index (Phi) is 4.70. The highest BCUT2D eigenvalue weighted by Gasteiger charge is 2.17. The highest BCUT2D eigenvalue weighted by molar-refractivity contribution is 5.92. The summed E-state index contributed by atoms with van der Waals surface area (Å²) in [7, 11) is 0. The number of nitrogens with one attached hydrogen (secondary N) is 1. The smallest absolute Gasteiger partial charge is 0.224 e. The molecule has 2 heterocycles. The van der Waals surface area contributed by atoms with Gasteiger partial charge in [0.05, 0.1) is 11.2 Å². The molecule has 5 nitrogen and oxygen atoms in total. The Bertz CT molecular complexity index is 1270. The fourth-order valence-corrected chi connectivity index (χ4v) is 3.41. The number of hydrogen-bond acceptors (Lipinski definition) is 3. The molecule has 0 radical (unpaired) electrons. The van der Waals surface area contributed by atoms with Crippen LogP contribution >= 0.6 is 0 Å². The molecule has 0 aliphatic carbocycles. The molecule has 1 N–H and O–H groups in total. The van der Waals surface area contributed by atoms with E-state index < -0.39 is 29.0 Å². The van der Waals surface area contributed by atoms with Gasteiger partial charge in [-0.3, -0.25) is 4.79 Å². The topological polar surface area (TPSA) is 59.3 Å². The lowest BCUT2D eigenvalue weighted by atomic mass is 10.1. The van der Waals surface area contributed by atoms with Crippen molar-refractivity contribution in [3.8, 4) is 0 Å². The monoisotopic (exact) mass is 398 g/mol. The van der Waals surface area contributed by atoms with E-state index in [2.05, 4.69) is 15.4 Å². The minimum Gasteiger partial charge on any atom is -0.323 e. The van der Waals surface area contributed by atoms with Gasteiger partial charge in [0.2, 0.25) is 5.91 Å². The van der Waals surface area contributed by atoms with E-state index in [1.54, 1.807) is 4.52 Å². The van der Waals surface area contributed by atoms with Gasteiger partial charge in [-0.1, -0.05) is 12.1 Å². The van der Waals surface area contributed by atoms with Gasteiger partial charge in [0, 0.05) is 23.2 Å². The summed E-state index contributed by atoms with van der Waals surface area (Å²) in [5.41, 5.74) is 3.65. The van der Waals surface area contributed by atoms with Gasteiger partial charge in [0.15, 0.2) is 23.1 Å². The number of carbonyl (C=O) groups excluding carboxylic acids is 1. The number of rotatable bonds is 4. The van der Waals surface area contributed by atoms with E-state index >= 15 is 0 Å². The van der Waals surface area contributed by atoms with Crippen molar-refractivity contribution in [1.82, 2.24) is 14.6 Å². The first-order chi connectivity index (χ1) is 13.9. The molecule has 29 heavy (non-hydrogen) atoms. The predicted octanol–water partition coefficient (Wildman–Crippen LogP) is 4.49. The molecule has 148 valence electrons. The van der Waals surface area contributed by atoms with Crippen LogP contribution in [0.1, 0.15) is 23.4 Å². The lowest BCUT2D eigenvalue weighted by Crippen LogP contribution is -2.15. The fraction of sp³-hybridized carbons (Fsp3) is 0.190. The molecule has 0 atom stereocenters. The van der Waals surface area contributed by atoms with Crippen LogP contribution in [0, 0.1) is 31.3 Å². The Balaban J connectivity index is 1.57. The number of hydrogen-bond donors (Lipinski definition) is 1. The molecule has 0 saturated carbocycles. The molecule has 8 heteroatoms. The van der Waals surface area contributed by atoms with Crippen LogP contribution in [0.2, 0.25) is 0 Å². The number of aryl methyl sites for hydroxylation is 2. The summed E-state index contributed by atoms with van der Waals surface area (Å²) >= 11 is 0. The van der Waals surface area contributed by atoms with Crippen molar-refractivity contribution in [2.75, 3.05) is 5.32 Å². The fourth-order valence-electron chi connectivity index (χ4n) is 3.41. The van der Waals surface area contributed by atoms with E-state index in [1.165, 1.54) is 0 Å². The van der Waals surface area contributed by atoms with Gasteiger partial charge in [-0.2, -0.15) is 5.10 Å². The molecule has 0 fully saturated rings. The second-order valence-corrected chi connectivity index (χ2v) is 6.78. The summed E-state index contributed by atoms with van der Waals surface area (Å²) in [6.07, 6.45) is 0.363. The van der Waals surface area contributed by atoms with Gasteiger partial charge in [-0.25, -0.2) is 22.7 Å². The number of aromatic nitrogens is 3. The van der Waals surface area contributed by atoms with E-state index in [9.17, 15) is 18.0 Å². The highest BCUT2D eigenvalue weighted by Crippen LogP contribution is 2.24. The summed E-state index contributed by atoms with van der Waals surface area (Å²) in [4.78, 5) is 16.9. The van der Waals surface area contributed by atoms with Crippen molar-refractivity contribution >= 4 is 28.1 Å². The zero-order chi connectivity index (χ0) is 20.7. The molecular weight excluding hydrogens is 381 g/mol. The Morgan fingerprint density at radius 3 is 2.62 bits per heavy atom. The van der Waals surface area contributed by atoms with Crippen molar-refractivity contribution < 1.29 is 18.0 Å². The average Bonchev–Trinajstić information content (AvgIpc) is 3.07. The van der Waals surface area contributed by atoms with Crippen LogP contribution in [-0.4, -0.2) is 20.5 Å². The second kappa shape index (κ2) is 7.20. The second-order valence-electron chi connectivity index (χ2n) is 6.78. The van der Waals surface area contributed by atoms with Crippen molar-refractivity contribution in [2.45, 2.75) is 26.7 Å². The minimum absolute atomic E-state index is 0.0219. The van der Waals surface area contributed by atoms with E-state index in [1.807, 2.05) is 38.1 Å². The van der Waals surface area contributed by atoms with Crippen LogP contribution in [0.15, 0.2) is 36.4 Å². The maximum Gasteiger partial charge on any atom is 0.224 e. The SMILES string of the molecule is Cc1nc2c3ccccc3nn2c(C)c1CCC(=O)Nc1ccc(F)c(F)c1F. The van der Waals surface area contributed by atoms with Crippen molar-refractivity contribution in [2.24, 2.45) is 0 Å². The van der Waals surface area contributed by atoms with Gasteiger partial charge in [-0.05, 0) is 50.1 Å². The van der Waals surface area contributed by atoms with Crippen LogP contribution in [0.3, 0.4) is 0 Å². The van der Waals surface area contributed by atoms with E-state index in [-0.39, 0.29) is 6.42 Å². The third-order valence-electron chi connectivity index (χ3n) is 4.93. The largest absolute Gasteiger partial charge is 0.323 e. The third kappa shape index (κ3) is 3.30. The summed E-state index contributed by atoms with van der Waals surface area (Å²) in [5, 5.41) is 7.79. The number of fused-ring (bicyclic) bond motifs is 3. The number of benzene rings is 2. The van der Waals surface area contributed by atoms with E-state index in [4.69, 9.17) is 0 Å². The summed E-state index contributed by atoms with van der Waals surface area (Å²) < 4.78 is 41.8. The van der Waals surface area contributed by atoms with Crippen molar-refractivity contribution in [3.05, 3.63) is 70.8 Å². The maximum absolute atomic E-state index is 13.7. The molecule has 1 amide bonds. The first-order valence-electron chi connectivity index (χ1n) is 9.03. The number of amides is 1. The first-order valence-corrected chi connectivity index (χ1v) is 9.03. The molecular formula is C21H17F3N4O. The summed E-state index contributed by atoms with van der Waals surface area (Å²) in [6, 6.07) is 9.44. The van der Waals surface area contributed by atoms with Crippen molar-refractivity contribution in [3.63, 3.8) is 0 Å². The molecule has 0 aliphatic heterocycles. The normalized spacial score (nSPS) is 11.3. The molecule has 2 aromatic carbocycles. The zero-order valence-electron chi connectivity index (χ0n) is 15.8. The lowest BCUT2D eigenvalue weighted by molar-refractivity contribution is -0.116. The van der Waals surface area contributed by atoms with Gasteiger partial charge < -0.3 is 5.32 Å². The molecule has 0 unspecified atom stereocenters. The van der Waals surface area contributed by atoms with Crippen LogP contribution in [-0.2, 0) is 11.2 Å².